The summed E-state index contributed by atoms with van der Waals surface area (Å²) >= 11 is 0. The van der Waals surface area contributed by atoms with Crippen LogP contribution in [0.4, 0.5) is 15.8 Å². The van der Waals surface area contributed by atoms with Crippen LogP contribution >= 0.6 is 0 Å². The van der Waals surface area contributed by atoms with Gasteiger partial charge >= 0.3 is 0 Å². The minimum atomic E-state index is -0.434. The van der Waals surface area contributed by atoms with E-state index in [0.717, 1.165) is 12.2 Å². The van der Waals surface area contributed by atoms with Crippen LogP contribution < -0.4 is 11.1 Å². The lowest BCUT2D eigenvalue weighted by Crippen LogP contribution is -2.03. The number of hydrogen-bond acceptors (Lipinski definition) is 4. The molecule has 0 aliphatic carbocycles. The monoisotopic (exact) mass is 235 g/mol. The largest absolute Gasteiger partial charge is 0.444 e. The molecule has 0 aliphatic heterocycles. The Kier molecular flexibility index (Phi) is 3.27. The number of halogens is 1. The average Bonchev–Trinajstić information content (AvgIpc) is 2.79. The van der Waals surface area contributed by atoms with E-state index < -0.39 is 5.82 Å². The topological polar surface area (TPSA) is 64.1 Å². The lowest BCUT2D eigenvalue weighted by atomic mass is 10.2. The fourth-order valence-electron chi connectivity index (χ4n) is 1.46. The molecule has 5 heteroatoms. The fraction of sp³-hybridized carbons (Fsp3) is 0.250. The van der Waals surface area contributed by atoms with Crippen LogP contribution in [-0.4, -0.2) is 4.98 Å². The van der Waals surface area contributed by atoms with Gasteiger partial charge in [-0.25, -0.2) is 9.37 Å². The number of rotatable bonds is 4. The van der Waals surface area contributed by atoms with Crippen molar-refractivity contribution in [1.29, 1.82) is 0 Å². The normalized spacial score (nSPS) is 10.5. The van der Waals surface area contributed by atoms with E-state index in [-0.39, 0.29) is 5.69 Å². The summed E-state index contributed by atoms with van der Waals surface area (Å²) in [6.07, 6.45) is 2.49. The van der Waals surface area contributed by atoms with E-state index in [2.05, 4.69) is 10.3 Å². The van der Waals surface area contributed by atoms with Crippen molar-refractivity contribution in [2.75, 3.05) is 11.1 Å². The zero-order valence-electron chi connectivity index (χ0n) is 9.53. The molecule has 90 valence electrons. The third-order valence-electron chi connectivity index (χ3n) is 2.43. The molecule has 2 rings (SSSR count). The second kappa shape index (κ2) is 4.86. The number of hydrogen-bond donors (Lipinski definition) is 2. The van der Waals surface area contributed by atoms with Crippen molar-refractivity contribution in [3.05, 3.63) is 41.9 Å². The van der Waals surface area contributed by atoms with Crippen molar-refractivity contribution < 1.29 is 8.81 Å². The van der Waals surface area contributed by atoms with Gasteiger partial charge in [-0.2, -0.15) is 0 Å². The van der Waals surface area contributed by atoms with Gasteiger partial charge in [-0.1, -0.05) is 13.0 Å². The summed E-state index contributed by atoms with van der Waals surface area (Å²) in [5, 5.41) is 2.99. The predicted molar refractivity (Wildman–Crippen MR) is 64.0 cm³/mol. The molecule has 0 bridgehead atoms. The summed E-state index contributed by atoms with van der Waals surface area (Å²) in [7, 11) is 0. The second-order valence-electron chi connectivity index (χ2n) is 3.63. The van der Waals surface area contributed by atoms with E-state index in [1.54, 1.807) is 18.3 Å². The van der Waals surface area contributed by atoms with Gasteiger partial charge < -0.3 is 15.5 Å². The summed E-state index contributed by atoms with van der Waals surface area (Å²) in [4.78, 5) is 4.09. The quantitative estimate of drug-likeness (QED) is 0.799. The number of aryl methyl sites for hydroxylation is 1. The van der Waals surface area contributed by atoms with E-state index >= 15 is 0 Å². The first-order valence-electron chi connectivity index (χ1n) is 5.42. The summed E-state index contributed by atoms with van der Waals surface area (Å²) in [6.45, 7) is 2.37. The molecule has 0 saturated carbocycles. The lowest BCUT2D eigenvalue weighted by Gasteiger charge is -2.07. The number of para-hydroxylation sites is 1. The van der Waals surface area contributed by atoms with Crippen molar-refractivity contribution in [2.45, 2.75) is 19.9 Å². The predicted octanol–water partition coefficient (Wildman–Crippen LogP) is 2.57. The highest BCUT2D eigenvalue weighted by Gasteiger charge is 2.06. The highest BCUT2D eigenvalue weighted by Crippen LogP contribution is 2.21. The van der Waals surface area contributed by atoms with E-state index in [1.165, 1.54) is 6.07 Å². The van der Waals surface area contributed by atoms with Crippen molar-refractivity contribution in [3.63, 3.8) is 0 Å². The number of nitrogens with one attached hydrogen (secondary N) is 1. The Morgan fingerprint density at radius 3 is 3.00 bits per heavy atom. The maximum Gasteiger partial charge on any atom is 0.213 e. The van der Waals surface area contributed by atoms with Crippen molar-refractivity contribution >= 4 is 11.4 Å². The highest BCUT2D eigenvalue weighted by molar-refractivity contribution is 5.66. The molecule has 4 nitrogen and oxygen atoms in total. The van der Waals surface area contributed by atoms with Crippen molar-refractivity contribution in [1.82, 2.24) is 4.98 Å². The summed E-state index contributed by atoms with van der Waals surface area (Å²) in [5.41, 5.74) is 6.24. The molecule has 17 heavy (non-hydrogen) atoms. The summed E-state index contributed by atoms with van der Waals surface area (Å²) in [5.74, 6) is 0.955. The third kappa shape index (κ3) is 2.55. The third-order valence-corrected chi connectivity index (χ3v) is 2.43. The standard InChI is InChI=1S/C12H14FN3O/c1-2-8-6-16-11(17-8)7-15-10-5-3-4-9(13)12(10)14/h3-6,15H,2,7,14H2,1H3. The van der Waals surface area contributed by atoms with Crippen LogP contribution in [0, 0.1) is 5.82 Å². The van der Waals surface area contributed by atoms with Gasteiger partial charge in [0.1, 0.15) is 11.6 Å². The number of aromatic nitrogens is 1. The zero-order chi connectivity index (χ0) is 12.3. The molecule has 0 saturated heterocycles. The molecule has 1 heterocycles. The number of oxazole rings is 1. The molecule has 3 N–H and O–H groups in total. The Morgan fingerprint density at radius 1 is 1.47 bits per heavy atom. The number of benzene rings is 1. The Hall–Kier alpha value is -2.04. The van der Waals surface area contributed by atoms with Crippen molar-refractivity contribution in [2.24, 2.45) is 0 Å². The highest BCUT2D eigenvalue weighted by atomic mass is 19.1. The van der Waals surface area contributed by atoms with Crippen LogP contribution in [-0.2, 0) is 13.0 Å². The Labute approximate surface area is 98.7 Å². The average molecular weight is 235 g/mol. The van der Waals surface area contributed by atoms with Crippen LogP contribution in [0.3, 0.4) is 0 Å². The minimum absolute atomic E-state index is 0.106. The van der Waals surface area contributed by atoms with Crippen LogP contribution in [0.2, 0.25) is 0 Å². The SMILES string of the molecule is CCc1cnc(CNc2cccc(F)c2N)o1. The minimum Gasteiger partial charge on any atom is -0.444 e. The molecular formula is C12H14FN3O. The van der Waals surface area contributed by atoms with E-state index in [9.17, 15) is 4.39 Å². The van der Waals surface area contributed by atoms with E-state index in [1.807, 2.05) is 6.92 Å². The molecule has 0 spiro atoms. The van der Waals surface area contributed by atoms with Gasteiger partial charge in [0.2, 0.25) is 5.89 Å². The van der Waals surface area contributed by atoms with Crippen LogP contribution in [0.5, 0.6) is 0 Å². The first-order chi connectivity index (χ1) is 8.20. The Balaban J connectivity index is 2.04. The lowest BCUT2D eigenvalue weighted by molar-refractivity contribution is 0.466. The van der Waals surface area contributed by atoms with Crippen molar-refractivity contribution in [3.8, 4) is 0 Å². The van der Waals surface area contributed by atoms with Gasteiger partial charge in [0.05, 0.1) is 24.1 Å². The molecule has 1 aromatic carbocycles. The van der Waals surface area contributed by atoms with Gasteiger partial charge in [-0.05, 0) is 12.1 Å². The van der Waals surface area contributed by atoms with Crippen LogP contribution in [0.15, 0.2) is 28.8 Å². The maximum absolute atomic E-state index is 13.2. The smallest absolute Gasteiger partial charge is 0.213 e. The van der Waals surface area contributed by atoms with Gasteiger partial charge in [0.25, 0.3) is 0 Å². The molecule has 2 aromatic rings. The Bertz CT molecular complexity index is 510. The summed E-state index contributed by atoms with van der Waals surface area (Å²) in [6, 6.07) is 4.63. The molecule has 0 unspecified atom stereocenters. The number of nitrogens with two attached hydrogens (primary N) is 1. The van der Waals surface area contributed by atoms with Gasteiger partial charge in [-0.15, -0.1) is 0 Å². The molecule has 0 radical (unpaired) electrons. The number of nitrogen functional groups attached to an aromatic ring is 1. The van der Waals surface area contributed by atoms with Gasteiger partial charge in [-0.3, -0.25) is 0 Å². The van der Waals surface area contributed by atoms with E-state index in [0.29, 0.717) is 18.1 Å². The van der Waals surface area contributed by atoms with Crippen LogP contribution in [0.1, 0.15) is 18.6 Å². The molecular weight excluding hydrogens is 221 g/mol. The first-order valence-corrected chi connectivity index (χ1v) is 5.42. The maximum atomic E-state index is 13.2. The fourth-order valence-corrected chi connectivity index (χ4v) is 1.46. The van der Waals surface area contributed by atoms with Gasteiger partial charge in [0.15, 0.2) is 0 Å². The molecule has 0 aliphatic rings. The Morgan fingerprint density at radius 2 is 2.29 bits per heavy atom. The zero-order valence-corrected chi connectivity index (χ0v) is 9.53. The van der Waals surface area contributed by atoms with Gasteiger partial charge in [0, 0.05) is 6.42 Å². The number of anilines is 2. The molecule has 1 aromatic heterocycles. The molecule has 0 atom stereocenters. The van der Waals surface area contributed by atoms with E-state index in [4.69, 9.17) is 10.2 Å². The summed E-state index contributed by atoms with van der Waals surface area (Å²) < 4.78 is 18.6. The molecule has 0 amide bonds. The van der Waals surface area contributed by atoms with Crippen LogP contribution in [0.25, 0.3) is 0 Å². The number of nitrogens with zero attached hydrogens (tertiary/aromatic N) is 1. The second-order valence-corrected chi connectivity index (χ2v) is 3.63. The molecule has 0 fully saturated rings. The first kappa shape index (κ1) is 11.4.